The Morgan fingerprint density at radius 2 is 1.89 bits per heavy atom. The van der Waals surface area contributed by atoms with E-state index in [0.717, 1.165) is 23.3 Å². The third-order valence-corrected chi connectivity index (χ3v) is 5.96. The van der Waals surface area contributed by atoms with Gasteiger partial charge in [-0.05, 0) is 56.5 Å². The van der Waals surface area contributed by atoms with Crippen molar-refractivity contribution >= 4 is 23.4 Å². The summed E-state index contributed by atoms with van der Waals surface area (Å²) in [4.78, 5) is 27.1. The van der Waals surface area contributed by atoms with Crippen LogP contribution in [0.15, 0.2) is 52.3 Å². The van der Waals surface area contributed by atoms with Gasteiger partial charge in [0.1, 0.15) is 0 Å². The Bertz CT molecular complexity index is 831. The zero-order chi connectivity index (χ0) is 19.4. The number of amides is 1. The summed E-state index contributed by atoms with van der Waals surface area (Å²) in [7, 11) is 0. The number of hydrogen-bond acceptors (Lipinski definition) is 5. The fraction of sp³-hybridized carbons (Fsp3) is 0.350. The molecule has 1 heterocycles. The van der Waals surface area contributed by atoms with Crippen LogP contribution in [0.4, 0.5) is 5.69 Å². The molecule has 0 aromatic heterocycles. The van der Waals surface area contributed by atoms with E-state index in [9.17, 15) is 14.9 Å². The summed E-state index contributed by atoms with van der Waals surface area (Å²) in [5, 5.41) is 11.6. The molecule has 1 aliphatic rings. The Hall–Kier alpha value is -2.38. The number of rotatable bonds is 5. The van der Waals surface area contributed by atoms with E-state index in [0.29, 0.717) is 36.0 Å². The van der Waals surface area contributed by atoms with Crippen molar-refractivity contribution < 1.29 is 9.72 Å². The number of carbonyl (C=O) groups is 1. The second kappa shape index (κ2) is 8.54. The number of carbonyl (C=O) groups excluding carboxylic acids is 1. The molecular weight excluding hydrogens is 362 g/mol. The summed E-state index contributed by atoms with van der Waals surface area (Å²) in [6.07, 6.45) is 1.76. The summed E-state index contributed by atoms with van der Waals surface area (Å²) in [6, 6.07) is 12.6. The Kier molecular flexibility index (Phi) is 6.13. The third-order valence-electron chi connectivity index (χ3n) is 4.89. The molecular formula is C20H23N3O3S. The fourth-order valence-electron chi connectivity index (χ4n) is 3.17. The molecule has 142 valence electrons. The second-order valence-corrected chi connectivity index (χ2v) is 7.94. The lowest BCUT2D eigenvalue weighted by Crippen LogP contribution is -2.40. The van der Waals surface area contributed by atoms with Crippen LogP contribution >= 0.6 is 11.8 Å². The molecule has 6 nitrogen and oxygen atoms in total. The van der Waals surface area contributed by atoms with Crippen LogP contribution in [-0.2, 0) is 0 Å². The van der Waals surface area contributed by atoms with Crippen molar-refractivity contribution in [2.45, 2.75) is 29.6 Å². The molecule has 0 bridgehead atoms. The molecule has 27 heavy (non-hydrogen) atoms. The molecule has 1 saturated heterocycles. The lowest BCUT2D eigenvalue weighted by molar-refractivity contribution is -0.387. The van der Waals surface area contributed by atoms with Crippen molar-refractivity contribution in [3.05, 3.63) is 63.7 Å². The first-order valence-corrected chi connectivity index (χ1v) is 9.82. The molecule has 2 N–H and O–H groups in total. The highest BCUT2D eigenvalue weighted by atomic mass is 32.2. The maximum atomic E-state index is 12.7. The van der Waals surface area contributed by atoms with Gasteiger partial charge in [0.15, 0.2) is 0 Å². The average Bonchev–Trinajstić information content (AvgIpc) is 2.69. The predicted molar refractivity (Wildman–Crippen MR) is 106 cm³/mol. The van der Waals surface area contributed by atoms with Crippen LogP contribution in [0.1, 0.15) is 28.8 Å². The second-order valence-electron chi connectivity index (χ2n) is 6.83. The highest BCUT2D eigenvalue weighted by molar-refractivity contribution is 7.99. The predicted octanol–water partition coefficient (Wildman–Crippen LogP) is 3.87. The summed E-state index contributed by atoms with van der Waals surface area (Å²) in [6.45, 7) is 3.93. The summed E-state index contributed by atoms with van der Waals surface area (Å²) in [5.41, 5.74) is 7.15. The third kappa shape index (κ3) is 4.67. The molecule has 0 radical (unpaired) electrons. The van der Waals surface area contributed by atoms with Crippen LogP contribution in [0.2, 0.25) is 0 Å². The SMILES string of the molecule is Cc1ccc(Sc2ccc(C(=O)N3CCC(CN)CC3)cc2[N+](=O)[O-])cc1. The Balaban J connectivity index is 1.80. The van der Waals surface area contributed by atoms with Gasteiger partial charge in [-0.2, -0.15) is 0 Å². The number of aryl methyl sites for hydroxylation is 1. The van der Waals surface area contributed by atoms with Gasteiger partial charge in [-0.15, -0.1) is 0 Å². The average molecular weight is 385 g/mol. The normalized spacial score (nSPS) is 15.0. The lowest BCUT2D eigenvalue weighted by Gasteiger charge is -2.31. The first-order valence-electron chi connectivity index (χ1n) is 9.00. The lowest BCUT2D eigenvalue weighted by atomic mass is 9.96. The van der Waals surface area contributed by atoms with Crippen molar-refractivity contribution in [2.75, 3.05) is 19.6 Å². The molecule has 0 saturated carbocycles. The molecule has 1 aliphatic heterocycles. The van der Waals surface area contributed by atoms with E-state index < -0.39 is 4.92 Å². The fourth-order valence-corrected chi connectivity index (χ4v) is 4.07. The van der Waals surface area contributed by atoms with Gasteiger partial charge in [0, 0.05) is 29.6 Å². The molecule has 7 heteroatoms. The topological polar surface area (TPSA) is 89.5 Å². The summed E-state index contributed by atoms with van der Waals surface area (Å²) < 4.78 is 0. The van der Waals surface area contributed by atoms with E-state index in [2.05, 4.69) is 0 Å². The van der Waals surface area contributed by atoms with Crippen molar-refractivity contribution in [1.29, 1.82) is 0 Å². The van der Waals surface area contributed by atoms with Gasteiger partial charge >= 0.3 is 0 Å². The van der Waals surface area contributed by atoms with E-state index in [1.165, 1.54) is 17.8 Å². The molecule has 0 spiro atoms. The van der Waals surface area contributed by atoms with Gasteiger partial charge in [-0.25, -0.2) is 0 Å². The Morgan fingerprint density at radius 1 is 1.22 bits per heavy atom. The molecule has 0 unspecified atom stereocenters. The van der Waals surface area contributed by atoms with E-state index >= 15 is 0 Å². The maximum Gasteiger partial charge on any atom is 0.284 e. The van der Waals surface area contributed by atoms with Gasteiger partial charge in [-0.1, -0.05) is 29.5 Å². The summed E-state index contributed by atoms with van der Waals surface area (Å²) in [5.74, 6) is 0.303. The molecule has 3 rings (SSSR count). The summed E-state index contributed by atoms with van der Waals surface area (Å²) >= 11 is 1.33. The van der Waals surface area contributed by atoms with Crippen LogP contribution in [0.5, 0.6) is 0 Å². The number of nitro groups is 1. The largest absolute Gasteiger partial charge is 0.339 e. The number of likely N-dealkylation sites (tertiary alicyclic amines) is 1. The number of nitrogens with zero attached hydrogens (tertiary/aromatic N) is 2. The molecule has 0 atom stereocenters. The minimum absolute atomic E-state index is 0.0386. The molecule has 2 aromatic rings. The number of benzene rings is 2. The molecule has 1 fully saturated rings. The highest BCUT2D eigenvalue weighted by Gasteiger charge is 2.25. The Morgan fingerprint density at radius 3 is 2.48 bits per heavy atom. The monoisotopic (exact) mass is 385 g/mol. The molecule has 0 aliphatic carbocycles. The van der Waals surface area contributed by atoms with Crippen LogP contribution in [-0.4, -0.2) is 35.4 Å². The van der Waals surface area contributed by atoms with Gasteiger partial charge in [-0.3, -0.25) is 14.9 Å². The van der Waals surface area contributed by atoms with Gasteiger partial charge < -0.3 is 10.6 Å². The number of piperidine rings is 1. The first-order chi connectivity index (χ1) is 13.0. The van der Waals surface area contributed by atoms with E-state index in [-0.39, 0.29) is 11.6 Å². The zero-order valence-corrected chi connectivity index (χ0v) is 16.1. The number of hydrogen-bond donors (Lipinski definition) is 1. The van der Waals surface area contributed by atoms with Crippen LogP contribution < -0.4 is 5.73 Å². The van der Waals surface area contributed by atoms with Crippen LogP contribution in [0, 0.1) is 23.0 Å². The molecule has 1 amide bonds. The van der Waals surface area contributed by atoms with Gasteiger partial charge in [0.2, 0.25) is 0 Å². The van der Waals surface area contributed by atoms with Crippen LogP contribution in [0.25, 0.3) is 0 Å². The van der Waals surface area contributed by atoms with Crippen molar-refractivity contribution in [3.8, 4) is 0 Å². The molecule has 2 aromatic carbocycles. The quantitative estimate of drug-likeness (QED) is 0.623. The van der Waals surface area contributed by atoms with E-state index in [1.54, 1.807) is 17.0 Å². The van der Waals surface area contributed by atoms with Crippen LogP contribution in [0.3, 0.4) is 0 Å². The standard InChI is InChI=1S/C20H23N3O3S/c1-14-2-5-17(6-3-14)27-19-7-4-16(12-18(19)23(25)26)20(24)22-10-8-15(13-21)9-11-22/h2-7,12,15H,8-11,13,21H2,1H3. The smallest absolute Gasteiger partial charge is 0.284 e. The number of nitrogens with two attached hydrogens (primary N) is 1. The Labute approximate surface area is 162 Å². The van der Waals surface area contributed by atoms with Gasteiger partial charge in [0.05, 0.1) is 9.82 Å². The maximum absolute atomic E-state index is 12.7. The number of nitro benzene ring substituents is 1. The van der Waals surface area contributed by atoms with Crippen molar-refractivity contribution in [3.63, 3.8) is 0 Å². The van der Waals surface area contributed by atoms with Gasteiger partial charge in [0.25, 0.3) is 11.6 Å². The minimum atomic E-state index is -0.423. The highest BCUT2D eigenvalue weighted by Crippen LogP contribution is 2.35. The van der Waals surface area contributed by atoms with Crippen molar-refractivity contribution in [1.82, 2.24) is 4.90 Å². The zero-order valence-electron chi connectivity index (χ0n) is 15.3. The van der Waals surface area contributed by atoms with E-state index in [1.807, 2.05) is 31.2 Å². The minimum Gasteiger partial charge on any atom is -0.339 e. The van der Waals surface area contributed by atoms with E-state index in [4.69, 9.17) is 5.73 Å². The van der Waals surface area contributed by atoms with Crippen molar-refractivity contribution in [2.24, 2.45) is 11.7 Å². The first kappa shape index (κ1) is 19.4.